The third kappa shape index (κ3) is 2.30. The summed E-state index contributed by atoms with van der Waals surface area (Å²) in [6, 6.07) is 6.08. The van der Waals surface area contributed by atoms with Crippen molar-refractivity contribution >= 4 is 21.7 Å². The predicted octanol–water partition coefficient (Wildman–Crippen LogP) is 1.06. The van der Waals surface area contributed by atoms with Gasteiger partial charge in [0.15, 0.2) is 0 Å². The Kier molecular flexibility index (Phi) is 2.83. The van der Waals surface area contributed by atoms with Crippen LogP contribution >= 0.6 is 0 Å². The van der Waals surface area contributed by atoms with Crippen LogP contribution in [0.2, 0.25) is 0 Å². The van der Waals surface area contributed by atoms with Crippen molar-refractivity contribution in [1.29, 1.82) is 0 Å². The van der Waals surface area contributed by atoms with Crippen LogP contribution in [0.25, 0.3) is 5.78 Å². The molecule has 0 aliphatic heterocycles. The average Bonchev–Trinajstić information content (AvgIpc) is 2.80. The van der Waals surface area contributed by atoms with Gasteiger partial charge in [-0.05, 0) is 30.3 Å². The van der Waals surface area contributed by atoms with Crippen molar-refractivity contribution in [2.75, 3.05) is 4.72 Å². The van der Waals surface area contributed by atoms with Gasteiger partial charge in [0, 0.05) is 12.4 Å². The zero-order chi connectivity index (χ0) is 14.2. The lowest BCUT2D eigenvalue weighted by atomic mass is 10.4. The monoisotopic (exact) mass is 293 g/mol. The van der Waals surface area contributed by atoms with Crippen molar-refractivity contribution in [3.63, 3.8) is 0 Å². The summed E-state index contributed by atoms with van der Waals surface area (Å²) in [7, 11) is -3.86. The Hall–Kier alpha value is -2.55. The van der Waals surface area contributed by atoms with Gasteiger partial charge in [-0.3, -0.25) is 0 Å². The van der Waals surface area contributed by atoms with Crippen molar-refractivity contribution in [3.8, 4) is 0 Å². The van der Waals surface area contributed by atoms with Crippen molar-refractivity contribution in [2.24, 2.45) is 0 Å². The first kappa shape index (κ1) is 12.5. The molecule has 7 nitrogen and oxygen atoms in total. The molecule has 2 aromatic heterocycles. The largest absolute Gasteiger partial charge is 0.264 e. The zero-order valence-electron chi connectivity index (χ0n) is 9.93. The van der Waals surface area contributed by atoms with Crippen LogP contribution in [0.5, 0.6) is 0 Å². The first-order valence-corrected chi connectivity index (χ1v) is 6.99. The van der Waals surface area contributed by atoms with Crippen LogP contribution in [0, 0.1) is 5.82 Å². The number of sulfonamides is 1. The topological polar surface area (TPSA) is 89.2 Å². The molecule has 1 N–H and O–H groups in total. The molecule has 0 saturated heterocycles. The molecule has 3 aromatic rings. The minimum absolute atomic E-state index is 0.0780. The summed E-state index contributed by atoms with van der Waals surface area (Å²) in [6.45, 7) is 0. The Morgan fingerprint density at radius 3 is 2.65 bits per heavy atom. The highest BCUT2D eigenvalue weighted by Crippen LogP contribution is 2.14. The van der Waals surface area contributed by atoms with E-state index in [1.165, 1.54) is 10.7 Å². The van der Waals surface area contributed by atoms with Gasteiger partial charge in [-0.15, -0.1) is 5.10 Å². The molecule has 0 aliphatic carbocycles. The second-order valence-electron chi connectivity index (χ2n) is 3.86. The molecule has 3 rings (SSSR count). The SMILES string of the molecule is O=S(=O)(Nc1nc2ncccn2n1)c1ccc(F)cc1. The molecule has 9 heteroatoms. The van der Waals surface area contributed by atoms with E-state index >= 15 is 0 Å². The van der Waals surface area contributed by atoms with Gasteiger partial charge in [0.2, 0.25) is 0 Å². The van der Waals surface area contributed by atoms with E-state index in [1.54, 1.807) is 12.3 Å². The number of nitrogens with zero attached hydrogens (tertiary/aromatic N) is 4. The van der Waals surface area contributed by atoms with Gasteiger partial charge in [0.25, 0.3) is 21.7 Å². The van der Waals surface area contributed by atoms with E-state index in [9.17, 15) is 12.8 Å². The number of aromatic nitrogens is 4. The maximum atomic E-state index is 12.8. The van der Waals surface area contributed by atoms with Crippen LogP contribution in [-0.4, -0.2) is 28.0 Å². The van der Waals surface area contributed by atoms with Crippen LogP contribution < -0.4 is 4.72 Å². The highest BCUT2D eigenvalue weighted by Gasteiger charge is 2.17. The van der Waals surface area contributed by atoms with Crippen molar-refractivity contribution < 1.29 is 12.8 Å². The normalized spacial score (nSPS) is 11.7. The van der Waals surface area contributed by atoms with Gasteiger partial charge in [0.1, 0.15) is 5.82 Å². The fourth-order valence-corrected chi connectivity index (χ4v) is 2.51. The Morgan fingerprint density at radius 1 is 1.20 bits per heavy atom. The minimum Gasteiger partial charge on any atom is -0.246 e. The molecule has 0 radical (unpaired) electrons. The zero-order valence-corrected chi connectivity index (χ0v) is 10.7. The highest BCUT2D eigenvalue weighted by molar-refractivity contribution is 7.92. The maximum Gasteiger partial charge on any atom is 0.264 e. The fourth-order valence-electron chi connectivity index (χ4n) is 1.57. The van der Waals surface area contributed by atoms with Gasteiger partial charge in [-0.1, -0.05) is 0 Å². The molecule has 0 spiro atoms. The molecule has 20 heavy (non-hydrogen) atoms. The third-order valence-electron chi connectivity index (χ3n) is 2.47. The van der Waals surface area contributed by atoms with Crippen LogP contribution in [0.1, 0.15) is 0 Å². The Bertz CT molecular complexity index is 827. The molecule has 1 aromatic carbocycles. The Morgan fingerprint density at radius 2 is 1.95 bits per heavy atom. The van der Waals surface area contributed by atoms with E-state index < -0.39 is 15.8 Å². The van der Waals surface area contributed by atoms with Crippen molar-refractivity contribution in [2.45, 2.75) is 4.90 Å². The van der Waals surface area contributed by atoms with E-state index in [0.717, 1.165) is 24.3 Å². The lowest BCUT2D eigenvalue weighted by Crippen LogP contribution is -2.14. The van der Waals surface area contributed by atoms with E-state index in [0.29, 0.717) is 0 Å². The van der Waals surface area contributed by atoms with Gasteiger partial charge in [0.05, 0.1) is 4.90 Å². The number of fused-ring (bicyclic) bond motifs is 1. The summed E-state index contributed by atoms with van der Waals surface area (Å²) in [6.07, 6.45) is 3.10. The van der Waals surface area contributed by atoms with Crippen LogP contribution in [-0.2, 0) is 10.0 Å². The van der Waals surface area contributed by atoms with Crippen molar-refractivity contribution in [3.05, 3.63) is 48.5 Å². The summed E-state index contributed by atoms with van der Waals surface area (Å²) >= 11 is 0. The van der Waals surface area contributed by atoms with E-state index in [1.807, 2.05) is 0 Å². The molecule has 0 fully saturated rings. The number of halogens is 1. The molecule has 102 valence electrons. The molecular formula is C11H8FN5O2S. The smallest absolute Gasteiger partial charge is 0.246 e. The number of nitrogens with one attached hydrogen (secondary N) is 1. The second-order valence-corrected chi connectivity index (χ2v) is 5.54. The average molecular weight is 293 g/mol. The standard InChI is InChI=1S/C11H8FN5O2S/c12-8-2-4-9(5-3-8)20(18,19)16-10-14-11-13-6-1-7-17(11)15-10/h1-7H,(H,15,16). The second kappa shape index (κ2) is 4.53. The number of anilines is 1. The summed E-state index contributed by atoms with van der Waals surface area (Å²) in [5.41, 5.74) is 0. The number of benzene rings is 1. The Labute approximate surface area is 113 Å². The predicted molar refractivity (Wildman–Crippen MR) is 68.0 cm³/mol. The minimum atomic E-state index is -3.86. The van der Waals surface area contributed by atoms with Gasteiger partial charge < -0.3 is 0 Å². The van der Waals surface area contributed by atoms with Crippen LogP contribution in [0.4, 0.5) is 10.3 Å². The first-order chi connectivity index (χ1) is 9.54. The third-order valence-corrected chi connectivity index (χ3v) is 3.81. The molecule has 0 amide bonds. The molecule has 0 saturated carbocycles. The molecule has 0 bridgehead atoms. The molecule has 0 aliphatic rings. The highest BCUT2D eigenvalue weighted by atomic mass is 32.2. The van der Waals surface area contributed by atoms with Crippen LogP contribution in [0.3, 0.4) is 0 Å². The molecule has 0 unspecified atom stereocenters. The van der Waals surface area contributed by atoms with E-state index in [2.05, 4.69) is 19.8 Å². The Balaban J connectivity index is 1.94. The molecule has 0 atom stereocenters. The van der Waals surface area contributed by atoms with Crippen LogP contribution in [0.15, 0.2) is 47.6 Å². The maximum absolute atomic E-state index is 12.8. The quantitative estimate of drug-likeness (QED) is 0.780. The molecule has 2 heterocycles. The van der Waals surface area contributed by atoms with Gasteiger partial charge >= 0.3 is 0 Å². The summed E-state index contributed by atoms with van der Waals surface area (Å²) in [5.74, 6) is -0.351. The van der Waals surface area contributed by atoms with Gasteiger partial charge in [-0.25, -0.2) is 27.0 Å². The van der Waals surface area contributed by atoms with Crippen molar-refractivity contribution in [1.82, 2.24) is 19.6 Å². The number of hydrogen-bond acceptors (Lipinski definition) is 5. The number of hydrogen-bond donors (Lipinski definition) is 1. The van der Waals surface area contributed by atoms with E-state index in [-0.39, 0.29) is 16.6 Å². The lowest BCUT2D eigenvalue weighted by Gasteiger charge is -2.03. The number of rotatable bonds is 3. The van der Waals surface area contributed by atoms with Gasteiger partial charge in [-0.2, -0.15) is 4.98 Å². The first-order valence-electron chi connectivity index (χ1n) is 5.50. The fraction of sp³-hybridized carbons (Fsp3) is 0. The summed E-state index contributed by atoms with van der Waals surface area (Å²) in [5, 5.41) is 3.92. The lowest BCUT2D eigenvalue weighted by molar-refractivity contribution is 0.599. The molecular weight excluding hydrogens is 285 g/mol. The summed E-state index contributed by atoms with van der Waals surface area (Å²) < 4.78 is 40.4. The summed E-state index contributed by atoms with van der Waals surface area (Å²) in [4.78, 5) is 7.76. The van der Waals surface area contributed by atoms with E-state index in [4.69, 9.17) is 0 Å².